The molecular formula is C12H23N3O2. The molecule has 0 radical (unpaired) electrons. The molecule has 0 aliphatic rings. The number of methoxy groups -OCH3 is 1. The highest BCUT2D eigenvalue weighted by atomic mass is 16.5. The first kappa shape index (κ1) is 15.9. The predicted octanol–water partition coefficient (Wildman–Crippen LogP) is 0.667. The van der Waals surface area contributed by atoms with Crippen molar-refractivity contribution in [3.05, 3.63) is 0 Å². The molecule has 17 heavy (non-hydrogen) atoms. The topological polar surface area (TPSA) is 74.2 Å². The third-order valence-electron chi connectivity index (χ3n) is 2.50. The third kappa shape index (κ3) is 7.72. The summed E-state index contributed by atoms with van der Waals surface area (Å²) < 4.78 is 4.84. The van der Waals surface area contributed by atoms with Crippen molar-refractivity contribution >= 4 is 5.91 Å². The van der Waals surface area contributed by atoms with Gasteiger partial charge in [-0.1, -0.05) is 0 Å². The zero-order chi connectivity index (χ0) is 13.3. The minimum Gasteiger partial charge on any atom is -0.383 e. The molecule has 5 nitrogen and oxygen atoms in total. The zero-order valence-electron chi connectivity index (χ0n) is 11.2. The van der Waals surface area contributed by atoms with E-state index in [2.05, 4.69) is 16.7 Å². The lowest BCUT2D eigenvalue weighted by molar-refractivity contribution is -0.122. The van der Waals surface area contributed by atoms with E-state index in [4.69, 9.17) is 10.00 Å². The fourth-order valence-electron chi connectivity index (χ4n) is 1.18. The van der Waals surface area contributed by atoms with Crippen LogP contribution in [0.25, 0.3) is 0 Å². The maximum Gasteiger partial charge on any atom is 0.236 e. The number of nitrogens with one attached hydrogen (secondary N) is 2. The van der Waals surface area contributed by atoms with Crippen molar-refractivity contribution in [2.75, 3.05) is 26.8 Å². The minimum atomic E-state index is -0.348. The van der Waals surface area contributed by atoms with Crippen LogP contribution in [0, 0.1) is 16.7 Å². The molecule has 98 valence electrons. The molecule has 1 atom stereocenters. The van der Waals surface area contributed by atoms with E-state index < -0.39 is 0 Å². The summed E-state index contributed by atoms with van der Waals surface area (Å²) in [6, 6.07) is 1.98. The Morgan fingerprint density at radius 2 is 2.12 bits per heavy atom. The molecule has 0 saturated carbocycles. The second-order valence-electron chi connectivity index (χ2n) is 4.71. The lowest BCUT2D eigenvalue weighted by Gasteiger charge is -2.18. The fourth-order valence-corrected chi connectivity index (χ4v) is 1.18. The molecule has 0 aliphatic heterocycles. The summed E-state index contributed by atoms with van der Waals surface area (Å²) in [5.41, 5.74) is -0.348. The van der Waals surface area contributed by atoms with Gasteiger partial charge in [0, 0.05) is 13.7 Å². The maximum absolute atomic E-state index is 11.5. The van der Waals surface area contributed by atoms with E-state index in [1.54, 1.807) is 7.11 Å². The van der Waals surface area contributed by atoms with Crippen LogP contribution in [0.4, 0.5) is 0 Å². The first-order chi connectivity index (χ1) is 7.93. The van der Waals surface area contributed by atoms with Gasteiger partial charge in [-0.2, -0.15) is 5.26 Å². The Kier molecular flexibility index (Phi) is 7.51. The van der Waals surface area contributed by atoms with Crippen molar-refractivity contribution in [3.8, 4) is 6.07 Å². The Bertz CT molecular complexity index is 271. The third-order valence-corrected chi connectivity index (χ3v) is 2.50. The van der Waals surface area contributed by atoms with Gasteiger partial charge in [-0.15, -0.1) is 0 Å². The van der Waals surface area contributed by atoms with Gasteiger partial charge in [-0.25, -0.2) is 0 Å². The standard InChI is InChI=1S/C12H23N3O2/c1-10(11(16)15-7-8-17-4)14-6-5-12(2,3)9-13/h10,14H,5-8H2,1-4H3,(H,15,16). The first-order valence-electron chi connectivity index (χ1n) is 5.84. The Balaban J connectivity index is 3.75. The van der Waals surface area contributed by atoms with Crippen molar-refractivity contribution in [1.29, 1.82) is 5.26 Å². The van der Waals surface area contributed by atoms with Crippen molar-refractivity contribution in [3.63, 3.8) is 0 Å². The molecule has 1 amide bonds. The van der Waals surface area contributed by atoms with Crippen LogP contribution in [0.3, 0.4) is 0 Å². The molecule has 1 unspecified atom stereocenters. The molecular weight excluding hydrogens is 218 g/mol. The van der Waals surface area contributed by atoms with Crippen molar-refractivity contribution in [1.82, 2.24) is 10.6 Å². The highest BCUT2D eigenvalue weighted by Gasteiger charge is 2.17. The number of carbonyl (C=O) groups excluding carboxylic acids is 1. The molecule has 5 heteroatoms. The average Bonchev–Trinajstić information content (AvgIpc) is 2.29. The lowest BCUT2D eigenvalue weighted by Crippen LogP contribution is -2.44. The number of nitriles is 1. The van der Waals surface area contributed by atoms with Gasteiger partial charge in [0.2, 0.25) is 5.91 Å². The molecule has 0 aromatic heterocycles. The monoisotopic (exact) mass is 241 g/mol. The largest absolute Gasteiger partial charge is 0.383 e. The lowest BCUT2D eigenvalue weighted by atomic mass is 9.91. The Morgan fingerprint density at radius 3 is 2.65 bits per heavy atom. The summed E-state index contributed by atoms with van der Waals surface area (Å²) >= 11 is 0. The van der Waals surface area contributed by atoms with Gasteiger partial charge in [0.25, 0.3) is 0 Å². The minimum absolute atomic E-state index is 0.0446. The summed E-state index contributed by atoms with van der Waals surface area (Å²) in [5.74, 6) is -0.0446. The molecule has 0 aliphatic carbocycles. The molecule has 0 rings (SSSR count). The number of rotatable bonds is 8. The summed E-state index contributed by atoms with van der Waals surface area (Å²) in [6.07, 6.45) is 0.721. The van der Waals surface area contributed by atoms with Crippen LogP contribution in [0.15, 0.2) is 0 Å². The second kappa shape index (κ2) is 8.04. The van der Waals surface area contributed by atoms with E-state index in [1.165, 1.54) is 0 Å². The van der Waals surface area contributed by atoms with E-state index in [0.717, 1.165) is 6.42 Å². The molecule has 0 fully saturated rings. The quantitative estimate of drug-likeness (QED) is 0.612. The summed E-state index contributed by atoms with van der Waals surface area (Å²) in [5, 5.41) is 14.7. The SMILES string of the molecule is COCCNC(=O)C(C)NCCC(C)(C)C#N. The van der Waals surface area contributed by atoms with E-state index >= 15 is 0 Å². The Hall–Kier alpha value is -1.12. The van der Waals surface area contributed by atoms with Crippen LogP contribution in [-0.2, 0) is 9.53 Å². The van der Waals surface area contributed by atoms with Crippen LogP contribution in [0.5, 0.6) is 0 Å². The molecule has 0 aromatic carbocycles. The van der Waals surface area contributed by atoms with Gasteiger partial charge in [0.1, 0.15) is 0 Å². The molecule has 0 spiro atoms. The summed E-state index contributed by atoms with van der Waals surface area (Å²) in [6.45, 7) is 7.27. The number of ether oxygens (including phenoxy) is 1. The molecule has 0 saturated heterocycles. The van der Waals surface area contributed by atoms with Gasteiger partial charge in [-0.05, 0) is 33.7 Å². The number of hydrogen-bond donors (Lipinski definition) is 2. The summed E-state index contributed by atoms with van der Waals surface area (Å²) in [4.78, 5) is 11.5. The number of hydrogen-bond acceptors (Lipinski definition) is 4. The van der Waals surface area contributed by atoms with Crippen LogP contribution in [-0.4, -0.2) is 38.8 Å². The number of carbonyl (C=O) groups is 1. The van der Waals surface area contributed by atoms with Crippen molar-refractivity contribution in [2.45, 2.75) is 33.2 Å². The van der Waals surface area contributed by atoms with Crippen LogP contribution < -0.4 is 10.6 Å². The van der Waals surface area contributed by atoms with E-state index in [1.807, 2.05) is 20.8 Å². The molecule has 0 bridgehead atoms. The zero-order valence-corrected chi connectivity index (χ0v) is 11.2. The average molecular weight is 241 g/mol. The normalized spacial score (nSPS) is 12.9. The smallest absolute Gasteiger partial charge is 0.236 e. The maximum atomic E-state index is 11.5. The highest BCUT2D eigenvalue weighted by molar-refractivity contribution is 5.81. The van der Waals surface area contributed by atoms with Crippen LogP contribution in [0.1, 0.15) is 27.2 Å². The van der Waals surface area contributed by atoms with Gasteiger partial charge < -0.3 is 15.4 Å². The van der Waals surface area contributed by atoms with E-state index in [0.29, 0.717) is 19.7 Å². The number of amides is 1. The van der Waals surface area contributed by atoms with Gasteiger partial charge in [0.15, 0.2) is 0 Å². The summed E-state index contributed by atoms with van der Waals surface area (Å²) in [7, 11) is 1.60. The molecule has 2 N–H and O–H groups in total. The van der Waals surface area contributed by atoms with Crippen molar-refractivity contribution < 1.29 is 9.53 Å². The van der Waals surface area contributed by atoms with E-state index in [9.17, 15) is 4.79 Å². The predicted molar refractivity (Wildman–Crippen MR) is 66.4 cm³/mol. The molecule has 0 aromatic rings. The van der Waals surface area contributed by atoms with Crippen molar-refractivity contribution in [2.24, 2.45) is 5.41 Å². The van der Waals surface area contributed by atoms with Crippen LogP contribution in [0.2, 0.25) is 0 Å². The first-order valence-corrected chi connectivity index (χ1v) is 5.84. The second-order valence-corrected chi connectivity index (χ2v) is 4.71. The highest BCUT2D eigenvalue weighted by Crippen LogP contribution is 2.17. The van der Waals surface area contributed by atoms with Gasteiger partial charge in [0.05, 0.1) is 24.1 Å². The molecule has 0 heterocycles. The van der Waals surface area contributed by atoms with Crippen LogP contribution >= 0.6 is 0 Å². The number of nitrogens with zero attached hydrogens (tertiary/aromatic N) is 1. The van der Waals surface area contributed by atoms with E-state index in [-0.39, 0.29) is 17.4 Å². The van der Waals surface area contributed by atoms with Gasteiger partial charge in [-0.3, -0.25) is 4.79 Å². The Morgan fingerprint density at radius 1 is 1.47 bits per heavy atom. The van der Waals surface area contributed by atoms with Gasteiger partial charge >= 0.3 is 0 Å². The fraction of sp³-hybridized carbons (Fsp3) is 0.833. The Labute approximate surface area is 104 Å².